The summed E-state index contributed by atoms with van der Waals surface area (Å²) in [7, 11) is 0. The quantitative estimate of drug-likeness (QED) is 0.438. The minimum absolute atomic E-state index is 0.529. The van der Waals surface area contributed by atoms with Gasteiger partial charge < -0.3 is 0 Å². The van der Waals surface area contributed by atoms with Crippen molar-refractivity contribution in [2.75, 3.05) is 13.1 Å². The second kappa shape index (κ2) is 5.66. The predicted molar refractivity (Wildman–Crippen MR) is 49.8 cm³/mol. The third kappa shape index (κ3) is 4.28. The zero-order valence-corrected chi connectivity index (χ0v) is 9.12. The molecule has 1 nitrogen and oxygen atoms in total. The molecule has 0 radical (unpaired) electrons. The van der Waals surface area contributed by atoms with Gasteiger partial charge in [0.2, 0.25) is 5.92 Å². The summed E-state index contributed by atoms with van der Waals surface area (Å²) in [5, 5.41) is 0. The van der Waals surface area contributed by atoms with Crippen molar-refractivity contribution in [2.24, 2.45) is 5.92 Å². The van der Waals surface area contributed by atoms with E-state index < -0.39 is 42.3 Å². The second-order valence-corrected chi connectivity index (χ2v) is 3.37. The van der Waals surface area contributed by atoms with E-state index in [1.165, 1.54) is 11.8 Å². The minimum atomic E-state index is -6.19. The van der Waals surface area contributed by atoms with Gasteiger partial charge in [0.1, 0.15) is 0 Å². The fourth-order valence-electron chi connectivity index (χ4n) is 1.25. The molecule has 0 aromatic heterocycles. The van der Waals surface area contributed by atoms with Crippen LogP contribution in [0, 0.1) is 30.6 Å². The van der Waals surface area contributed by atoms with Crippen molar-refractivity contribution < 1.29 is 35.1 Å². The zero-order valence-electron chi connectivity index (χ0n) is 9.12. The van der Waals surface area contributed by atoms with Crippen molar-refractivity contribution in [3.8, 4) is 24.7 Å². The van der Waals surface area contributed by atoms with Gasteiger partial charge in [-0.1, -0.05) is 11.8 Å². The van der Waals surface area contributed by atoms with Gasteiger partial charge >= 0.3 is 18.4 Å². The maximum atomic E-state index is 13.4. The smallest absolute Gasteiger partial charge is 0.221 e. The van der Waals surface area contributed by atoms with Crippen molar-refractivity contribution in [1.82, 2.24) is 4.90 Å². The lowest BCUT2D eigenvalue weighted by Crippen LogP contribution is -2.57. The highest BCUT2D eigenvalue weighted by molar-refractivity contribution is 5.00. The lowest BCUT2D eigenvalue weighted by atomic mass is 10.0. The number of rotatable bonds is 4. The van der Waals surface area contributed by atoms with Crippen LogP contribution in [-0.2, 0) is 0 Å². The van der Waals surface area contributed by atoms with Crippen molar-refractivity contribution >= 4 is 0 Å². The molecular formula is C10H7F8N. The molecule has 0 aliphatic heterocycles. The second-order valence-electron chi connectivity index (χ2n) is 3.37. The molecule has 0 aliphatic carbocycles. The van der Waals surface area contributed by atoms with E-state index in [9.17, 15) is 35.1 Å². The van der Waals surface area contributed by atoms with Crippen LogP contribution < -0.4 is 0 Å². The number of nitrogens with zero attached hydrogens (tertiary/aromatic N) is 1. The largest absolute Gasteiger partial charge is 0.407 e. The molecule has 0 saturated carbocycles. The average molecular weight is 293 g/mol. The lowest BCUT2D eigenvalue weighted by Gasteiger charge is -2.36. The molecule has 0 atom stereocenters. The Morgan fingerprint density at radius 1 is 0.789 bits per heavy atom. The number of hydrogen-bond donors (Lipinski definition) is 0. The maximum Gasteiger partial charge on any atom is 0.407 e. The molecule has 0 aromatic rings. The fraction of sp³-hybridized carbons (Fsp3) is 0.600. The van der Waals surface area contributed by atoms with Crippen molar-refractivity contribution in [3.05, 3.63) is 0 Å². The molecule has 9 heteroatoms. The van der Waals surface area contributed by atoms with Crippen LogP contribution in [0.3, 0.4) is 0 Å². The Kier molecular flexibility index (Phi) is 5.22. The first kappa shape index (κ1) is 17.5. The molecule has 0 bridgehead atoms. The van der Waals surface area contributed by atoms with Crippen molar-refractivity contribution in [1.29, 1.82) is 0 Å². The molecule has 0 saturated heterocycles. The summed E-state index contributed by atoms with van der Waals surface area (Å²) in [6.07, 6.45) is -3.15. The number of halogens is 8. The van der Waals surface area contributed by atoms with E-state index >= 15 is 0 Å². The Morgan fingerprint density at radius 2 is 1.11 bits per heavy atom. The van der Waals surface area contributed by atoms with Crippen molar-refractivity contribution in [3.63, 3.8) is 0 Å². The summed E-state index contributed by atoms with van der Waals surface area (Å²) in [5.74, 6) is -1.80. The van der Waals surface area contributed by atoms with Gasteiger partial charge in [-0.2, -0.15) is 35.1 Å². The van der Waals surface area contributed by atoms with E-state index in [2.05, 4.69) is 12.8 Å². The third-order valence-electron chi connectivity index (χ3n) is 1.99. The summed E-state index contributed by atoms with van der Waals surface area (Å²) < 4.78 is 100. The summed E-state index contributed by atoms with van der Waals surface area (Å²) in [6, 6.07) is -5.30. The predicted octanol–water partition coefficient (Wildman–Crippen LogP) is 2.89. The van der Waals surface area contributed by atoms with Gasteiger partial charge in [-0.05, 0) is 0 Å². The average Bonchev–Trinajstić information content (AvgIpc) is 2.11. The van der Waals surface area contributed by atoms with Crippen LogP contribution >= 0.6 is 0 Å². The molecule has 0 rings (SSSR count). The standard InChI is InChI=1S/C10H7F8N/c1-3-5-19(6-4-2)10(17,18)7(8(11,12)13)9(14,15)16/h1-2,7H,5-6H2. The van der Waals surface area contributed by atoms with Gasteiger partial charge in [0.25, 0.3) is 0 Å². The maximum absolute atomic E-state index is 13.4. The Bertz CT molecular complexity index is 350. The van der Waals surface area contributed by atoms with Gasteiger partial charge in [0.05, 0.1) is 13.1 Å². The summed E-state index contributed by atoms with van der Waals surface area (Å²) >= 11 is 0. The first-order valence-corrected chi connectivity index (χ1v) is 4.52. The highest BCUT2D eigenvalue weighted by Crippen LogP contribution is 2.49. The highest BCUT2D eigenvalue weighted by atomic mass is 19.4. The van der Waals surface area contributed by atoms with E-state index in [1.54, 1.807) is 0 Å². The lowest BCUT2D eigenvalue weighted by molar-refractivity contribution is -0.365. The molecule has 108 valence electrons. The van der Waals surface area contributed by atoms with Gasteiger partial charge in [-0.15, -0.1) is 12.8 Å². The summed E-state index contributed by atoms with van der Waals surface area (Å²) in [5.41, 5.74) is 0. The molecule has 0 aliphatic rings. The summed E-state index contributed by atoms with van der Waals surface area (Å²) in [4.78, 5) is -0.529. The Hall–Kier alpha value is -1.48. The van der Waals surface area contributed by atoms with Crippen LogP contribution in [0.1, 0.15) is 0 Å². The van der Waals surface area contributed by atoms with Gasteiger partial charge in [-0.25, -0.2) is 4.90 Å². The van der Waals surface area contributed by atoms with Gasteiger partial charge in [-0.3, -0.25) is 0 Å². The number of alkyl halides is 8. The monoisotopic (exact) mass is 293 g/mol. The normalized spacial score (nSPS) is 13.5. The van der Waals surface area contributed by atoms with E-state index in [-0.39, 0.29) is 0 Å². The van der Waals surface area contributed by atoms with Gasteiger partial charge in [0.15, 0.2) is 0 Å². The molecule has 19 heavy (non-hydrogen) atoms. The van der Waals surface area contributed by atoms with Crippen LogP contribution in [0.2, 0.25) is 0 Å². The number of terminal acetylenes is 2. The fourth-order valence-corrected chi connectivity index (χ4v) is 1.25. The Morgan fingerprint density at radius 3 is 1.32 bits per heavy atom. The first-order chi connectivity index (χ1) is 8.39. The summed E-state index contributed by atoms with van der Waals surface area (Å²) in [6.45, 7) is -2.31. The molecule has 0 heterocycles. The Balaban J connectivity index is 5.65. The molecular weight excluding hydrogens is 286 g/mol. The molecule has 0 aromatic carbocycles. The molecule has 0 N–H and O–H groups in total. The number of hydrogen-bond acceptors (Lipinski definition) is 1. The van der Waals surface area contributed by atoms with Crippen LogP contribution in [0.25, 0.3) is 0 Å². The van der Waals surface area contributed by atoms with Crippen LogP contribution in [0.4, 0.5) is 35.1 Å². The molecule has 0 fully saturated rings. The van der Waals surface area contributed by atoms with E-state index in [0.717, 1.165) is 0 Å². The van der Waals surface area contributed by atoms with E-state index in [4.69, 9.17) is 0 Å². The molecule has 0 amide bonds. The van der Waals surface area contributed by atoms with Crippen LogP contribution in [0.5, 0.6) is 0 Å². The zero-order chi connectivity index (χ0) is 15.5. The topological polar surface area (TPSA) is 3.24 Å². The van der Waals surface area contributed by atoms with Crippen LogP contribution in [-0.4, -0.2) is 36.4 Å². The van der Waals surface area contributed by atoms with Crippen molar-refractivity contribution in [2.45, 2.75) is 18.4 Å². The minimum Gasteiger partial charge on any atom is -0.221 e. The molecule has 0 spiro atoms. The SMILES string of the molecule is C#CCN(CC#C)C(F)(F)C(C(F)(F)F)C(F)(F)F. The van der Waals surface area contributed by atoms with E-state index in [0.29, 0.717) is 0 Å². The van der Waals surface area contributed by atoms with E-state index in [1.807, 2.05) is 0 Å². The van der Waals surface area contributed by atoms with Gasteiger partial charge in [0, 0.05) is 0 Å². The third-order valence-corrected chi connectivity index (χ3v) is 1.99. The highest BCUT2D eigenvalue weighted by Gasteiger charge is 2.70. The molecule has 0 unspecified atom stereocenters. The van der Waals surface area contributed by atoms with Crippen LogP contribution in [0.15, 0.2) is 0 Å². The Labute approximate surface area is 103 Å². The first-order valence-electron chi connectivity index (χ1n) is 4.52.